The number of benzene rings is 1. The number of rotatable bonds is 9. The Bertz CT molecular complexity index is 1440. The Labute approximate surface area is 215 Å². The second-order valence-electron chi connectivity index (χ2n) is 9.36. The van der Waals surface area contributed by atoms with Crippen LogP contribution in [0.4, 0.5) is 23.4 Å². The molecule has 12 heteroatoms. The van der Waals surface area contributed by atoms with E-state index in [9.17, 15) is 22.4 Å². The molecular weight excluding hydrogens is 504 g/mol. The minimum absolute atomic E-state index is 0.0882. The third-order valence-electron chi connectivity index (χ3n) is 6.49. The number of anilines is 1. The molecule has 1 saturated carbocycles. The normalized spacial score (nSPS) is 14.4. The van der Waals surface area contributed by atoms with Crippen LogP contribution in [0.1, 0.15) is 48.9 Å². The monoisotopic (exact) mass is 528 g/mol. The van der Waals surface area contributed by atoms with E-state index in [0.29, 0.717) is 23.4 Å². The van der Waals surface area contributed by atoms with Gasteiger partial charge in [0.25, 0.3) is 0 Å². The van der Waals surface area contributed by atoms with E-state index < -0.39 is 23.3 Å². The van der Waals surface area contributed by atoms with Crippen LogP contribution in [0.2, 0.25) is 0 Å². The molecule has 1 aromatic carbocycles. The highest BCUT2D eigenvalue weighted by Crippen LogP contribution is 2.59. The van der Waals surface area contributed by atoms with Crippen molar-refractivity contribution in [3.63, 3.8) is 0 Å². The molecule has 0 spiro atoms. The van der Waals surface area contributed by atoms with Crippen molar-refractivity contribution in [2.75, 3.05) is 5.32 Å². The van der Waals surface area contributed by atoms with Crippen LogP contribution in [0, 0.1) is 5.82 Å². The molecule has 3 aromatic heterocycles. The number of halogens is 4. The fourth-order valence-corrected chi connectivity index (χ4v) is 4.21. The molecule has 1 N–H and O–H groups in total. The maximum atomic E-state index is 14.8. The first-order valence-electron chi connectivity index (χ1n) is 12.1. The molecule has 1 aliphatic rings. The van der Waals surface area contributed by atoms with Gasteiger partial charge in [-0.1, -0.05) is 24.2 Å². The minimum Gasteiger partial charge on any atom is -0.358 e. The number of amides is 1. The zero-order valence-electron chi connectivity index (χ0n) is 20.4. The summed E-state index contributed by atoms with van der Waals surface area (Å²) < 4.78 is 61.2. The molecule has 1 fully saturated rings. The third-order valence-corrected chi connectivity index (χ3v) is 6.49. The molecule has 5 rings (SSSR count). The van der Waals surface area contributed by atoms with Gasteiger partial charge in [-0.25, -0.2) is 14.4 Å². The molecule has 198 valence electrons. The largest absolute Gasteiger partial charge is 0.401 e. The number of carbonyl (C=O) groups is 1. The van der Waals surface area contributed by atoms with Crippen molar-refractivity contribution >= 4 is 11.7 Å². The quantitative estimate of drug-likeness (QED) is 0.298. The van der Waals surface area contributed by atoms with Crippen molar-refractivity contribution in [3.8, 4) is 11.1 Å². The lowest BCUT2D eigenvalue weighted by molar-refractivity contribution is -0.165. The fraction of sp³-hybridized carbons (Fsp3) is 0.346. The number of carbonyl (C=O) groups excluding carboxylic acids is 1. The fourth-order valence-electron chi connectivity index (χ4n) is 4.21. The van der Waals surface area contributed by atoms with E-state index in [2.05, 4.69) is 32.5 Å². The summed E-state index contributed by atoms with van der Waals surface area (Å²) in [7, 11) is 0. The Hall–Kier alpha value is -4.09. The highest BCUT2D eigenvalue weighted by Gasteiger charge is 2.66. The summed E-state index contributed by atoms with van der Waals surface area (Å²) in [6, 6.07) is 5.47. The molecule has 4 aromatic rings. The lowest BCUT2D eigenvalue weighted by atomic mass is 10.0. The smallest absolute Gasteiger partial charge is 0.358 e. The molecule has 38 heavy (non-hydrogen) atoms. The van der Waals surface area contributed by atoms with Gasteiger partial charge in [0.2, 0.25) is 5.91 Å². The molecule has 0 bridgehead atoms. The van der Waals surface area contributed by atoms with Crippen LogP contribution >= 0.6 is 0 Å². The molecule has 0 radical (unpaired) electrons. The Morgan fingerprint density at radius 1 is 1.13 bits per heavy atom. The van der Waals surface area contributed by atoms with E-state index in [1.54, 1.807) is 24.7 Å². The Balaban J connectivity index is 1.20. The van der Waals surface area contributed by atoms with Gasteiger partial charge < -0.3 is 9.84 Å². The molecule has 8 nitrogen and oxygen atoms in total. The average molecular weight is 529 g/mol. The number of nitrogens with one attached hydrogen (secondary N) is 1. The summed E-state index contributed by atoms with van der Waals surface area (Å²) in [6.45, 7) is 2.92. The maximum absolute atomic E-state index is 14.8. The predicted octanol–water partition coefficient (Wildman–Crippen LogP) is 5.24. The second-order valence-corrected chi connectivity index (χ2v) is 9.36. The van der Waals surface area contributed by atoms with Gasteiger partial charge in [-0.2, -0.15) is 18.3 Å². The molecule has 3 heterocycles. The van der Waals surface area contributed by atoms with E-state index in [0.717, 1.165) is 24.6 Å². The summed E-state index contributed by atoms with van der Waals surface area (Å²) in [4.78, 5) is 21.1. The number of hydrogen-bond acceptors (Lipinski definition) is 6. The SMILES string of the molecule is CCCn1cc(Cc2ncc(-c3ccc(CC(=O)Nc4cc(C5(C(F)(F)F)CC5)on4)c(F)c3)cn2)cn1. The van der Waals surface area contributed by atoms with Gasteiger partial charge in [0.15, 0.2) is 11.6 Å². The van der Waals surface area contributed by atoms with Crippen molar-refractivity contribution in [3.05, 3.63) is 77.6 Å². The lowest BCUT2D eigenvalue weighted by Gasteiger charge is -2.14. The predicted molar refractivity (Wildman–Crippen MR) is 129 cm³/mol. The van der Waals surface area contributed by atoms with Crippen molar-refractivity contribution in [1.82, 2.24) is 24.9 Å². The Kier molecular flexibility index (Phi) is 6.72. The van der Waals surface area contributed by atoms with Crippen LogP contribution in [0.5, 0.6) is 0 Å². The highest BCUT2D eigenvalue weighted by molar-refractivity contribution is 5.91. The summed E-state index contributed by atoms with van der Waals surface area (Å²) in [6.07, 6.45) is 3.50. The molecule has 0 atom stereocenters. The number of alkyl halides is 3. The van der Waals surface area contributed by atoms with Gasteiger partial charge in [-0.05, 0) is 42.0 Å². The van der Waals surface area contributed by atoms with Crippen LogP contribution in [0.25, 0.3) is 11.1 Å². The molecular formula is C26H24F4N6O2. The number of nitrogens with zero attached hydrogens (tertiary/aromatic N) is 5. The number of hydrogen-bond donors (Lipinski definition) is 1. The van der Waals surface area contributed by atoms with Gasteiger partial charge in [0, 0.05) is 43.2 Å². The minimum atomic E-state index is -4.46. The van der Waals surface area contributed by atoms with Crippen molar-refractivity contribution in [1.29, 1.82) is 0 Å². The number of aromatic nitrogens is 5. The summed E-state index contributed by atoms with van der Waals surface area (Å²) in [5.74, 6) is -1.12. The standard InChI is InChI=1S/C26H24F4N6O2/c1-2-7-36-15-16(12-33-36)8-22-31-13-19(14-32-22)17-3-4-18(20(27)9-17)10-24(37)34-23-11-21(38-35-23)25(5-6-25)26(28,29)30/h3-4,9,11-15H,2,5-8,10H2,1H3,(H,34,35,37). The Morgan fingerprint density at radius 3 is 2.55 bits per heavy atom. The zero-order chi connectivity index (χ0) is 26.9. The molecule has 1 aliphatic carbocycles. The van der Waals surface area contributed by atoms with E-state index in [4.69, 9.17) is 4.52 Å². The van der Waals surface area contributed by atoms with Crippen LogP contribution in [0.3, 0.4) is 0 Å². The first kappa shape index (κ1) is 25.6. The van der Waals surface area contributed by atoms with Gasteiger partial charge >= 0.3 is 6.18 Å². The van der Waals surface area contributed by atoms with Crippen molar-refractivity contribution < 1.29 is 26.9 Å². The zero-order valence-corrected chi connectivity index (χ0v) is 20.4. The van der Waals surface area contributed by atoms with Crippen LogP contribution in [-0.2, 0) is 29.6 Å². The van der Waals surface area contributed by atoms with Crippen LogP contribution in [-0.4, -0.2) is 37.0 Å². The Morgan fingerprint density at radius 2 is 1.89 bits per heavy atom. The van der Waals surface area contributed by atoms with E-state index in [1.165, 1.54) is 12.1 Å². The van der Waals surface area contributed by atoms with Gasteiger partial charge in [-0.15, -0.1) is 0 Å². The van der Waals surface area contributed by atoms with Crippen LogP contribution < -0.4 is 5.32 Å². The van der Waals surface area contributed by atoms with E-state index in [1.807, 2.05) is 10.9 Å². The molecule has 0 unspecified atom stereocenters. The van der Waals surface area contributed by atoms with Gasteiger partial charge in [0.05, 0.1) is 12.6 Å². The average Bonchev–Trinajstić information content (AvgIpc) is 3.39. The number of aryl methyl sites for hydroxylation is 1. The third kappa shape index (κ3) is 5.29. The summed E-state index contributed by atoms with van der Waals surface area (Å²) >= 11 is 0. The maximum Gasteiger partial charge on any atom is 0.401 e. The van der Waals surface area contributed by atoms with E-state index >= 15 is 0 Å². The summed E-state index contributed by atoms with van der Waals surface area (Å²) in [5.41, 5.74) is 0.223. The van der Waals surface area contributed by atoms with Crippen molar-refractivity contribution in [2.24, 2.45) is 0 Å². The van der Waals surface area contributed by atoms with E-state index in [-0.39, 0.29) is 36.4 Å². The van der Waals surface area contributed by atoms with Crippen LogP contribution in [0.15, 0.2) is 53.6 Å². The molecule has 0 aliphatic heterocycles. The summed E-state index contributed by atoms with van der Waals surface area (Å²) in [5, 5.41) is 10.2. The first-order chi connectivity index (χ1) is 18.2. The topological polar surface area (TPSA) is 98.7 Å². The highest BCUT2D eigenvalue weighted by atomic mass is 19.4. The molecule has 0 saturated heterocycles. The lowest BCUT2D eigenvalue weighted by Crippen LogP contribution is -2.28. The van der Waals surface area contributed by atoms with Crippen molar-refractivity contribution in [2.45, 2.75) is 57.2 Å². The first-order valence-corrected chi connectivity index (χ1v) is 12.1. The van der Waals surface area contributed by atoms with Gasteiger partial charge in [0.1, 0.15) is 17.1 Å². The second kappa shape index (κ2) is 9.99. The van der Waals surface area contributed by atoms with Gasteiger partial charge in [-0.3, -0.25) is 9.48 Å². The molecule has 1 amide bonds.